The molecular formula is C32H42N2O5. The molecule has 210 valence electrons. The Morgan fingerprint density at radius 3 is 2.46 bits per heavy atom. The molecule has 1 saturated carbocycles. The van der Waals surface area contributed by atoms with Gasteiger partial charge in [0.15, 0.2) is 0 Å². The van der Waals surface area contributed by atoms with Crippen molar-refractivity contribution < 1.29 is 24.8 Å². The zero-order valence-electron chi connectivity index (χ0n) is 23.8. The Hall–Kier alpha value is -2.84. The van der Waals surface area contributed by atoms with E-state index in [0.717, 1.165) is 33.5 Å². The van der Waals surface area contributed by atoms with Gasteiger partial charge >= 0.3 is 0 Å². The van der Waals surface area contributed by atoms with Crippen LogP contribution in [0.4, 0.5) is 5.69 Å². The third kappa shape index (κ3) is 4.27. The molecule has 7 nitrogen and oxygen atoms in total. The Labute approximate surface area is 231 Å². The van der Waals surface area contributed by atoms with Crippen molar-refractivity contribution >= 4 is 16.6 Å². The average molecular weight is 535 g/mol. The van der Waals surface area contributed by atoms with E-state index in [0.29, 0.717) is 19.3 Å². The van der Waals surface area contributed by atoms with E-state index in [2.05, 4.69) is 27.8 Å². The molecule has 1 aromatic heterocycles. The molecule has 0 unspecified atom stereocenters. The number of rotatable bonds is 7. The second kappa shape index (κ2) is 10.3. The fourth-order valence-corrected chi connectivity index (χ4v) is 7.42. The molecule has 7 atom stereocenters. The normalized spacial score (nSPS) is 31.3. The molecule has 2 aliphatic rings. The molecule has 2 heterocycles. The van der Waals surface area contributed by atoms with Gasteiger partial charge in [0.05, 0.1) is 42.6 Å². The summed E-state index contributed by atoms with van der Waals surface area (Å²) in [5.74, 6) is 0.151. The number of aliphatic hydroxyl groups excluding tert-OH is 2. The largest absolute Gasteiger partial charge is 0.497 e. The molecular weight excluding hydrogens is 492 g/mol. The van der Waals surface area contributed by atoms with E-state index in [1.54, 1.807) is 14.2 Å². The third-order valence-electron chi connectivity index (χ3n) is 9.24. The summed E-state index contributed by atoms with van der Waals surface area (Å²) >= 11 is 0. The molecule has 0 bridgehead atoms. The number of aryl methyl sites for hydroxylation is 1. The minimum atomic E-state index is -1.29. The van der Waals surface area contributed by atoms with Crippen molar-refractivity contribution in [3.8, 4) is 5.75 Å². The second-order valence-electron chi connectivity index (χ2n) is 11.7. The molecule has 5 rings (SSSR count). The number of para-hydroxylation sites is 1. The van der Waals surface area contributed by atoms with Crippen LogP contribution in [0.3, 0.4) is 0 Å². The highest BCUT2D eigenvalue weighted by molar-refractivity contribution is 5.85. The monoisotopic (exact) mass is 534 g/mol. The van der Waals surface area contributed by atoms with Gasteiger partial charge in [0, 0.05) is 48.4 Å². The van der Waals surface area contributed by atoms with E-state index in [1.165, 1.54) is 0 Å². The SMILES string of the molecule is COc1ccc(N2[C@@H](c3cn(C)c4ccccc34)[C@@]3(O)CC[C@@H](O)[C@@H](OC)[C@@H]3[C@@]2(C)[C@H](O)CC=C(C)C)cc1. The van der Waals surface area contributed by atoms with Crippen LogP contribution in [-0.2, 0) is 11.8 Å². The summed E-state index contributed by atoms with van der Waals surface area (Å²) in [4.78, 5) is 2.20. The lowest BCUT2D eigenvalue weighted by Gasteiger charge is -2.50. The van der Waals surface area contributed by atoms with Crippen molar-refractivity contribution in [3.63, 3.8) is 0 Å². The standard InChI is InChI=1S/C32H42N2O5/c1-20(2)11-16-27(36)31(3)29-28(39-6)26(35)17-18-32(29,37)30(34(31)21-12-14-22(38-5)15-13-21)24-19-33(4)25-10-8-7-9-23(24)25/h7-15,19,26-30,35-37H,16-18H2,1-6H3/t26-,27-,28-,29-,30+,31-,32-/m1/s1. The zero-order valence-corrected chi connectivity index (χ0v) is 23.8. The number of hydrogen-bond donors (Lipinski definition) is 3. The molecule has 3 N–H and O–H groups in total. The second-order valence-corrected chi connectivity index (χ2v) is 11.7. The molecule has 39 heavy (non-hydrogen) atoms. The average Bonchev–Trinajstić information content (AvgIpc) is 3.37. The van der Waals surface area contributed by atoms with Gasteiger partial charge in [0.25, 0.3) is 0 Å². The Kier molecular flexibility index (Phi) is 7.31. The van der Waals surface area contributed by atoms with E-state index in [1.807, 2.05) is 70.3 Å². The highest BCUT2D eigenvalue weighted by atomic mass is 16.5. The van der Waals surface area contributed by atoms with E-state index in [9.17, 15) is 15.3 Å². The Morgan fingerprint density at radius 2 is 1.82 bits per heavy atom. The number of ether oxygens (including phenoxy) is 2. The van der Waals surface area contributed by atoms with E-state index in [4.69, 9.17) is 9.47 Å². The first-order valence-corrected chi connectivity index (χ1v) is 13.8. The van der Waals surface area contributed by atoms with Crippen molar-refractivity contribution in [1.29, 1.82) is 0 Å². The number of fused-ring (bicyclic) bond motifs is 2. The minimum absolute atomic E-state index is 0.379. The van der Waals surface area contributed by atoms with Crippen molar-refractivity contribution in [3.05, 3.63) is 71.9 Å². The number of hydrogen-bond acceptors (Lipinski definition) is 6. The van der Waals surface area contributed by atoms with Crippen LogP contribution in [-0.4, -0.2) is 63.6 Å². The fraction of sp³-hybridized carbons (Fsp3) is 0.500. The number of allylic oxidation sites excluding steroid dienone is 1. The van der Waals surface area contributed by atoms with Gasteiger partial charge < -0.3 is 34.3 Å². The first kappa shape index (κ1) is 27.7. The molecule has 0 radical (unpaired) electrons. The number of methoxy groups -OCH3 is 2. The highest BCUT2D eigenvalue weighted by Gasteiger charge is 2.71. The van der Waals surface area contributed by atoms with E-state index < -0.39 is 41.4 Å². The number of aromatic nitrogens is 1. The summed E-state index contributed by atoms with van der Waals surface area (Å²) in [5.41, 5.74) is 1.75. The lowest BCUT2D eigenvalue weighted by atomic mass is 9.63. The number of anilines is 1. The number of aliphatic hydroxyl groups is 3. The summed E-state index contributed by atoms with van der Waals surface area (Å²) in [6.45, 7) is 6.05. The van der Waals surface area contributed by atoms with Gasteiger partial charge in [-0.25, -0.2) is 0 Å². The van der Waals surface area contributed by atoms with Crippen molar-refractivity contribution in [2.75, 3.05) is 19.1 Å². The van der Waals surface area contributed by atoms with Gasteiger partial charge in [-0.3, -0.25) is 0 Å². The lowest BCUT2D eigenvalue weighted by molar-refractivity contribution is -0.171. The summed E-state index contributed by atoms with van der Waals surface area (Å²) in [6, 6.07) is 15.5. The third-order valence-corrected chi connectivity index (χ3v) is 9.24. The van der Waals surface area contributed by atoms with Gasteiger partial charge in [-0.15, -0.1) is 0 Å². The van der Waals surface area contributed by atoms with Crippen LogP contribution < -0.4 is 9.64 Å². The molecule has 1 aliphatic carbocycles. The van der Waals surface area contributed by atoms with Gasteiger partial charge in [0.1, 0.15) is 5.75 Å². The molecule has 1 saturated heterocycles. The molecule has 2 aromatic carbocycles. The first-order chi connectivity index (χ1) is 18.6. The van der Waals surface area contributed by atoms with Gasteiger partial charge in [-0.2, -0.15) is 0 Å². The van der Waals surface area contributed by atoms with Crippen LogP contribution in [0.25, 0.3) is 10.9 Å². The summed E-state index contributed by atoms with van der Waals surface area (Å²) in [6.07, 6.45) is 3.07. The van der Waals surface area contributed by atoms with Crippen LogP contribution in [0.1, 0.15) is 51.6 Å². The maximum absolute atomic E-state index is 12.9. The molecule has 0 spiro atoms. The predicted octanol–water partition coefficient (Wildman–Crippen LogP) is 4.74. The zero-order chi connectivity index (χ0) is 28.1. The van der Waals surface area contributed by atoms with Crippen LogP contribution >= 0.6 is 0 Å². The highest BCUT2D eigenvalue weighted by Crippen LogP contribution is 2.62. The predicted molar refractivity (Wildman–Crippen MR) is 154 cm³/mol. The van der Waals surface area contributed by atoms with Crippen LogP contribution in [0, 0.1) is 5.92 Å². The molecule has 1 aliphatic heterocycles. The Balaban J connectivity index is 1.82. The van der Waals surface area contributed by atoms with Gasteiger partial charge in [0.2, 0.25) is 0 Å². The quantitative estimate of drug-likeness (QED) is 0.380. The summed E-state index contributed by atoms with van der Waals surface area (Å²) in [5, 5.41) is 37.2. The number of benzene rings is 2. The summed E-state index contributed by atoms with van der Waals surface area (Å²) < 4.78 is 13.5. The van der Waals surface area contributed by atoms with Gasteiger partial charge in [-0.1, -0.05) is 29.8 Å². The molecule has 0 amide bonds. The van der Waals surface area contributed by atoms with Crippen molar-refractivity contribution in [1.82, 2.24) is 4.57 Å². The molecule has 2 fully saturated rings. The number of nitrogens with zero attached hydrogens (tertiary/aromatic N) is 2. The lowest BCUT2D eigenvalue weighted by Crippen LogP contribution is -2.63. The smallest absolute Gasteiger partial charge is 0.119 e. The first-order valence-electron chi connectivity index (χ1n) is 13.8. The maximum Gasteiger partial charge on any atom is 0.119 e. The van der Waals surface area contributed by atoms with Crippen molar-refractivity contribution in [2.24, 2.45) is 13.0 Å². The summed E-state index contributed by atoms with van der Waals surface area (Å²) in [7, 11) is 5.25. The maximum atomic E-state index is 12.9. The Bertz CT molecular complexity index is 1350. The topological polar surface area (TPSA) is 87.3 Å². The van der Waals surface area contributed by atoms with Crippen molar-refractivity contribution in [2.45, 2.75) is 75.5 Å². The molecule has 3 aromatic rings. The van der Waals surface area contributed by atoms with Gasteiger partial charge in [-0.05, 0) is 70.4 Å². The van der Waals surface area contributed by atoms with E-state index in [-0.39, 0.29) is 0 Å². The van der Waals surface area contributed by atoms with Crippen LogP contribution in [0.2, 0.25) is 0 Å². The molecule has 7 heteroatoms. The fourth-order valence-electron chi connectivity index (χ4n) is 7.42. The van der Waals surface area contributed by atoms with E-state index >= 15 is 0 Å². The van der Waals surface area contributed by atoms with Crippen LogP contribution in [0.5, 0.6) is 5.75 Å². The Morgan fingerprint density at radius 1 is 1.13 bits per heavy atom. The minimum Gasteiger partial charge on any atom is -0.497 e. The van der Waals surface area contributed by atoms with Crippen LogP contribution in [0.15, 0.2) is 66.4 Å².